The van der Waals surface area contributed by atoms with Gasteiger partial charge in [-0.25, -0.2) is 0 Å². The molecular weight excluding hydrogens is 312 g/mol. The Morgan fingerprint density at radius 1 is 1.61 bits per heavy atom. The van der Waals surface area contributed by atoms with Crippen molar-refractivity contribution in [1.29, 1.82) is 0 Å². The van der Waals surface area contributed by atoms with Crippen LogP contribution in [0.3, 0.4) is 0 Å². The first-order valence-electron chi connectivity index (χ1n) is 6.49. The monoisotopic (exact) mass is 330 g/mol. The molecular formula is C13H19BrN2OS. The second-order valence-electron chi connectivity index (χ2n) is 4.53. The number of hydrogen-bond donors (Lipinski definition) is 2. The maximum atomic E-state index is 11.4. The molecule has 1 unspecified atom stereocenters. The molecule has 1 amide bonds. The quantitative estimate of drug-likeness (QED) is 0.871. The van der Waals surface area contributed by atoms with Gasteiger partial charge < -0.3 is 10.6 Å². The lowest BCUT2D eigenvalue weighted by Crippen LogP contribution is -2.30. The minimum atomic E-state index is 0.132. The Kier molecular flexibility index (Phi) is 5.21. The predicted octanol–water partition coefficient (Wildman–Crippen LogP) is 3.00. The summed E-state index contributed by atoms with van der Waals surface area (Å²) in [6, 6.07) is 2.65. The van der Waals surface area contributed by atoms with E-state index in [1.54, 1.807) is 0 Å². The fraction of sp³-hybridized carbons (Fsp3) is 0.615. The van der Waals surface area contributed by atoms with Crippen LogP contribution in [0.5, 0.6) is 0 Å². The maximum Gasteiger partial charge on any atom is 0.221 e. The number of aryl methyl sites for hydroxylation is 1. The summed E-state index contributed by atoms with van der Waals surface area (Å²) in [7, 11) is 0. The molecule has 3 nitrogen and oxygen atoms in total. The van der Waals surface area contributed by atoms with Crippen LogP contribution in [-0.4, -0.2) is 19.0 Å². The average molecular weight is 331 g/mol. The van der Waals surface area contributed by atoms with E-state index in [0.717, 1.165) is 6.54 Å². The Balaban J connectivity index is 1.85. The van der Waals surface area contributed by atoms with Crippen LogP contribution in [-0.2, 0) is 11.2 Å². The molecule has 0 aliphatic heterocycles. The van der Waals surface area contributed by atoms with Crippen molar-refractivity contribution >= 4 is 33.2 Å². The van der Waals surface area contributed by atoms with Gasteiger partial charge in [-0.2, -0.15) is 0 Å². The van der Waals surface area contributed by atoms with Gasteiger partial charge in [0.25, 0.3) is 0 Å². The first-order chi connectivity index (χ1) is 8.70. The van der Waals surface area contributed by atoms with Crippen LogP contribution in [0, 0.1) is 0 Å². The molecule has 0 spiro atoms. The Bertz CT molecular complexity index is 419. The highest BCUT2D eigenvalue weighted by molar-refractivity contribution is 9.11. The Hall–Kier alpha value is -0.390. The number of halogens is 1. The van der Waals surface area contributed by atoms with Gasteiger partial charge in [0.15, 0.2) is 0 Å². The lowest BCUT2D eigenvalue weighted by Gasteiger charge is -2.23. The molecule has 0 aromatic carbocycles. The maximum absolute atomic E-state index is 11.4. The van der Waals surface area contributed by atoms with Gasteiger partial charge >= 0.3 is 0 Å². The number of rotatable bonds is 5. The van der Waals surface area contributed by atoms with Crippen LogP contribution in [0.2, 0.25) is 0 Å². The van der Waals surface area contributed by atoms with Crippen molar-refractivity contribution in [3.8, 4) is 0 Å². The van der Waals surface area contributed by atoms with Crippen LogP contribution in [0.1, 0.15) is 42.7 Å². The lowest BCUT2D eigenvalue weighted by atomic mass is 9.94. The van der Waals surface area contributed by atoms with Gasteiger partial charge in [-0.1, -0.05) is 0 Å². The molecule has 2 N–H and O–H groups in total. The molecule has 0 bridgehead atoms. The number of thiophene rings is 1. The minimum Gasteiger partial charge on any atom is -0.356 e. The number of carbonyl (C=O) groups is 1. The van der Waals surface area contributed by atoms with E-state index in [1.807, 2.05) is 18.3 Å². The Morgan fingerprint density at radius 2 is 2.44 bits per heavy atom. The normalized spacial score (nSPS) is 18.4. The summed E-state index contributed by atoms with van der Waals surface area (Å²) in [5.74, 6) is 0.132. The van der Waals surface area contributed by atoms with E-state index in [4.69, 9.17) is 0 Å². The highest BCUT2D eigenvalue weighted by Crippen LogP contribution is 2.37. The van der Waals surface area contributed by atoms with Crippen molar-refractivity contribution in [3.05, 3.63) is 20.3 Å². The molecule has 0 saturated carbocycles. The summed E-state index contributed by atoms with van der Waals surface area (Å²) >= 11 is 5.40. The number of nitrogens with one attached hydrogen (secondary N) is 2. The lowest BCUT2D eigenvalue weighted by molar-refractivity contribution is -0.120. The predicted molar refractivity (Wildman–Crippen MR) is 79.0 cm³/mol. The Morgan fingerprint density at radius 3 is 3.22 bits per heavy atom. The third kappa shape index (κ3) is 3.56. The molecule has 1 aliphatic carbocycles. The zero-order valence-electron chi connectivity index (χ0n) is 10.6. The van der Waals surface area contributed by atoms with Gasteiger partial charge in [0.05, 0.1) is 3.79 Å². The molecule has 2 rings (SSSR count). The fourth-order valence-electron chi connectivity index (χ4n) is 2.38. The topological polar surface area (TPSA) is 41.1 Å². The summed E-state index contributed by atoms with van der Waals surface area (Å²) in [5, 5.41) is 6.33. The van der Waals surface area contributed by atoms with Crippen molar-refractivity contribution < 1.29 is 4.79 Å². The third-order valence-electron chi connectivity index (χ3n) is 3.20. The van der Waals surface area contributed by atoms with E-state index >= 15 is 0 Å². The van der Waals surface area contributed by atoms with Crippen molar-refractivity contribution in [3.63, 3.8) is 0 Å². The van der Waals surface area contributed by atoms with Gasteiger partial charge in [-0.15, -0.1) is 11.3 Å². The molecule has 0 saturated heterocycles. The number of carbonyl (C=O) groups excluding carboxylic acids is 1. The average Bonchev–Trinajstić information content (AvgIpc) is 2.70. The first-order valence-corrected chi connectivity index (χ1v) is 8.10. The molecule has 1 aromatic rings. The van der Waals surface area contributed by atoms with E-state index in [9.17, 15) is 4.79 Å². The van der Waals surface area contributed by atoms with E-state index in [0.29, 0.717) is 19.0 Å². The van der Waals surface area contributed by atoms with E-state index in [-0.39, 0.29) is 5.91 Å². The first kappa shape index (κ1) is 14.0. The molecule has 1 atom stereocenters. The molecule has 1 aliphatic rings. The molecule has 100 valence electrons. The highest BCUT2D eigenvalue weighted by Gasteiger charge is 2.22. The molecule has 0 fully saturated rings. The van der Waals surface area contributed by atoms with Gasteiger partial charge in [0, 0.05) is 30.4 Å². The van der Waals surface area contributed by atoms with Crippen molar-refractivity contribution in [1.82, 2.24) is 10.6 Å². The zero-order valence-corrected chi connectivity index (χ0v) is 13.0. The largest absolute Gasteiger partial charge is 0.356 e. The van der Waals surface area contributed by atoms with Crippen LogP contribution >= 0.6 is 27.3 Å². The zero-order chi connectivity index (χ0) is 13.0. The van der Waals surface area contributed by atoms with Gasteiger partial charge in [0.2, 0.25) is 5.91 Å². The number of hydrogen-bond acceptors (Lipinski definition) is 3. The molecule has 1 aromatic heterocycles. The van der Waals surface area contributed by atoms with Crippen molar-refractivity contribution in [2.75, 3.05) is 13.1 Å². The van der Waals surface area contributed by atoms with Gasteiger partial charge in [0.1, 0.15) is 0 Å². The highest BCUT2D eigenvalue weighted by atomic mass is 79.9. The summed E-state index contributed by atoms with van der Waals surface area (Å²) < 4.78 is 1.21. The van der Waals surface area contributed by atoms with E-state index in [1.165, 1.54) is 33.5 Å². The molecule has 18 heavy (non-hydrogen) atoms. The van der Waals surface area contributed by atoms with Gasteiger partial charge in [-0.05, 0) is 53.7 Å². The second-order valence-corrected chi connectivity index (χ2v) is 7.05. The molecule has 1 heterocycles. The van der Waals surface area contributed by atoms with E-state index in [2.05, 4.69) is 32.6 Å². The Labute approximate surface area is 120 Å². The fourth-order valence-corrected chi connectivity index (χ4v) is 4.20. The summed E-state index contributed by atoms with van der Waals surface area (Å²) in [5.41, 5.74) is 1.43. The van der Waals surface area contributed by atoms with E-state index < -0.39 is 0 Å². The summed E-state index contributed by atoms with van der Waals surface area (Å²) in [6.45, 7) is 3.41. The standard InChI is InChI=1S/C13H19BrN2OS/c1-2-15-13(17)6-7-16-10-4-3-5-11-9(10)8-12(14)18-11/h8,10,16H,2-7H2,1H3,(H,15,17). The van der Waals surface area contributed by atoms with Crippen LogP contribution < -0.4 is 10.6 Å². The van der Waals surface area contributed by atoms with Crippen molar-refractivity contribution in [2.45, 2.75) is 38.6 Å². The van der Waals surface area contributed by atoms with Crippen LogP contribution in [0.4, 0.5) is 0 Å². The summed E-state index contributed by atoms with van der Waals surface area (Å²) in [4.78, 5) is 12.9. The smallest absolute Gasteiger partial charge is 0.221 e. The molecule has 0 radical (unpaired) electrons. The minimum absolute atomic E-state index is 0.132. The SMILES string of the molecule is CCNC(=O)CCNC1CCCc2sc(Br)cc21. The molecule has 5 heteroatoms. The number of amides is 1. The summed E-state index contributed by atoms with van der Waals surface area (Å²) in [6.07, 6.45) is 4.16. The van der Waals surface area contributed by atoms with Crippen LogP contribution in [0.25, 0.3) is 0 Å². The van der Waals surface area contributed by atoms with Crippen LogP contribution in [0.15, 0.2) is 9.85 Å². The number of fused-ring (bicyclic) bond motifs is 1. The van der Waals surface area contributed by atoms with Crippen molar-refractivity contribution in [2.24, 2.45) is 0 Å². The second kappa shape index (κ2) is 6.68. The van der Waals surface area contributed by atoms with Gasteiger partial charge in [-0.3, -0.25) is 4.79 Å². The third-order valence-corrected chi connectivity index (χ3v) is 4.91.